The third kappa shape index (κ3) is 3.04. The van der Waals surface area contributed by atoms with E-state index in [1.54, 1.807) is 0 Å². The van der Waals surface area contributed by atoms with E-state index < -0.39 is 0 Å². The molecule has 0 heterocycles. The van der Waals surface area contributed by atoms with E-state index in [1.165, 1.54) is 11.1 Å². The van der Waals surface area contributed by atoms with Gasteiger partial charge in [-0.15, -0.1) is 0 Å². The number of amides is 1. The zero-order chi connectivity index (χ0) is 14.8. The predicted octanol–water partition coefficient (Wildman–Crippen LogP) is 3.40. The average Bonchev–Trinajstić information content (AvgIpc) is 2.44. The van der Waals surface area contributed by atoms with Crippen LogP contribution in [0, 0.1) is 25.2 Å². The molecular formula is C17H26N2O. The van der Waals surface area contributed by atoms with Gasteiger partial charge in [0.1, 0.15) is 0 Å². The molecule has 1 fully saturated rings. The molecule has 0 atom stereocenters. The van der Waals surface area contributed by atoms with Gasteiger partial charge in [-0.05, 0) is 68.7 Å². The topological polar surface area (TPSA) is 55.1 Å². The summed E-state index contributed by atoms with van der Waals surface area (Å²) in [5, 5.41) is 3.07. The van der Waals surface area contributed by atoms with Crippen molar-refractivity contribution in [2.75, 3.05) is 11.9 Å². The van der Waals surface area contributed by atoms with Crippen molar-refractivity contribution in [2.45, 2.75) is 46.5 Å². The standard InChI is InChI=1S/C17H26N2O/c1-12-6-8-17(11-18,9-7-12)16(20)19-15-5-4-13(2)14(3)10-15/h4-5,10,12H,6-9,11,18H2,1-3H3,(H,19,20). The minimum absolute atomic E-state index is 0.0927. The summed E-state index contributed by atoms with van der Waals surface area (Å²) in [6, 6.07) is 6.04. The highest BCUT2D eigenvalue weighted by molar-refractivity contribution is 5.95. The zero-order valence-electron chi connectivity index (χ0n) is 12.8. The Morgan fingerprint density at radius 2 is 1.95 bits per heavy atom. The quantitative estimate of drug-likeness (QED) is 0.887. The van der Waals surface area contributed by atoms with Crippen molar-refractivity contribution in [3.8, 4) is 0 Å². The second kappa shape index (κ2) is 5.96. The Hall–Kier alpha value is -1.35. The molecule has 1 saturated carbocycles. The van der Waals surface area contributed by atoms with Gasteiger partial charge in [0, 0.05) is 12.2 Å². The number of hydrogen-bond donors (Lipinski definition) is 2. The molecule has 0 aliphatic heterocycles. The summed E-state index contributed by atoms with van der Waals surface area (Å²) in [6.45, 7) is 6.83. The van der Waals surface area contributed by atoms with Crippen molar-refractivity contribution in [2.24, 2.45) is 17.1 Å². The lowest BCUT2D eigenvalue weighted by molar-refractivity contribution is -0.127. The molecule has 1 aromatic carbocycles. The van der Waals surface area contributed by atoms with E-state index in [4.69, 9.17) is 5.73 Å². The van der Waals surface area contributed by atoms with Crippen LogP contribution in [-0.4, -0.2) is 12.5 Å². The average molecular weight is 274 g/mol. The fourth-order valence-electron chi connectivity index (χ4n) is 2.92. The number of nitrogens with two attached hydrogens (primary N) is 1. The SMILES string of the molecule is Cc1ccc(NC(=O)C2(CN)CCC(C)CC2)cc1C. The Morgan fingerprint density at radius 1 is 1.30 bits per heavy atom. The lowest BCUT2D eigenvalue weighted by Crippen LogP contribution is -2.44. The van der Waals surface area contributed by atoms with Crippen LogP contribution >= 0.6 is 0 Å². The third-order valence-electron chi connectivity index (χ3n) is 4.87. The largest absolute Gasteiger partial charge is 0.329 e. The number of carbonyl (C=O) groups is 1. The molecule has 1 aliphatic rings. The summed E-state index contributed by atoms with van der Waals surface area (Å²) in [4.78, 5) is 12.6. The number of benzene rings is 1. The number of hydrogen-bond acceptors (Lipinski definition) is 2. The Bertz CT molecular complexity index is 488. The van der Waals surface area contributed by atoms with E-state index >= 15 is 0 Å². The molecule has 0 saturated heterocycles. The van der Waals surface area contributed by atoms with Crippen molar-refractivity contribution < 1.29 is 4.79 Å². The molecule has 0 bridgehead atoms. The summed E-state index contributed by atoms with van der Waals surface area (Å²) in [6.07, 6.45) is 4.00. The smallest absolute Gasteiger partial charge is 0.231 e. The van der Waals surface area contributed by atoms with Crippen LogP contribution in [0.2, 0.25) is 0 Å². The van der Waals surface area contributed by atoms with Crippen molar-refractivity contribution >= 4 is 11.6 Å². The van der Waals surface area contributed by atoms with Gasteiger partial charge in [0.25, 0.3) is 0 Å². The first-order chi connectivity index (χ1) is 9.47. The van der Waals surface area contributed by atoms with E-state index in [1.807, 2.05) is 18.2 Å². The maximum absolute atomic E-state index is 12.6. The van der Waals surface area contributed by atoms with Gasteiger partial charge in [0.2, 0.25) is 5.91 Å². The fourth-order valence-corrected chi connectivity index (χ4v) is 2.92. The van der Waals surface area contributed by atoms with E-state index in [0.29, 0.717) is 12.5 Å². The first-order valence-electron chi connectivity index (χ1n) is 7.55. The van der Waals surface area contributed by atoms with Gasteiger partial charge < -0.3 is 11.1 Å². The molecule has 3 nitrogen and oxygen atoms in total. The third-order valence-corrected chi connectivity index (χ3v) is 4.87. The highest BCUT2D eigenvalue weighted by atomic mass is 16.2. The maximum atomic E-state index is 12.6. The predicted molar refractivity (Wildman–Crippen MR) is 83.7 cm³/mol. The molecule has 3 heteroatoms. The molecule has 0 aromatic heterocycles. The summed E-state index contributed by atoms with van der Waals surface area (Å²) in [7, 11) is 0. The second-order valence-corrected chi connectivity index (χ2v) is 6.42. The maximum Gasteiger partial charge on any atom is 0.231 e. The summed E-state index contributed by atoms with van der Waals surface area (Å²) >= 11 is 0. The van der Waals surface area contributed by atoms with Crippen LogP contribution in [0.4, 0.5) is 5.69 Å². The van der Waals surface area contributed by atoms with Gasteiger partial charge in [-0.2, -0.15) is 0 Å². The number of anilines is 1. The van der Waals surface area contributed by atoms with Crippen molar-refractivity contribution in [3.05, 3.63) is 29.3 Å². The number of rotatable bonds is 3. The van der Waals surface area contributed by atoms with Crippen LogP contribution in [0.1, 0.15) is 43.7 Å². The summed E-state index contributed by atoms with van der Waals surface area (Å²) < 4.78 is 0. The zero-order valence-corrected chi connectivity index (χ0v) is 12.8. The van der Waals surface area contributed by atoms with Crippen LogP contribution < -0.4 is 11.1 Å². The minimum atomic E-state index is -0.370. The van der Waals surface area contributed by atoms with E-state index in [0.717, 1.165) is 31.4 Å². The molecular weight excluding hydrogens is 248 g/mol. The lowest BCUT2D eigenvalue weighted by Gasteiger charge is -2.37. The molecule has 0 radical (unpaired) electrons. The van der Waals surface area contributed by atoms with Crippen LogP contribution in [0.25, 0.3) is 0 Å². The van der Waals surface area contributed by atoms with Crippen LogP contribution in [-0.2, 0) is 4.79 Å². The molecule has 0 spiro atoms. The van der Waals surface area contributed by atoms with E-state index in [-0.39, 0.29) is 11.3 Å². The molecule has 2 rings (SSSR count). The minimum Gasteiger partial charge on any atom is -0.329 e. The Morgan fingerprint density at radius 3 is 2.50 bits per heavy atom. The summed E-state index contributed by atoms with van der Waals surface area (Å²) in [5.74, 6) is 0.805. The Balaban J connectivity index is 2.11. The van der Waals surface area contributed by atoms with Gasteiger partial charge in [0.15, 0.2) is 0 Å². The van der Waals surface area contributed by atoms with Crippen LogP contribution in [0.3, 0.4) is 0 Å². The second-order valence-electron chi connectivity index (χ2n) is 6.42. The molecule has 0 unspecified atom stereocenters. The number of aryl methyl sites for hydroxylation is 2. The van der Waals surface area contributed by atoms with E-state index in [2.05, 4.69) is 26.1 Å². The number of nitrogens with one attached hydrogen (secondary N) is 1. The van der Waals surface area contributed by atoms with Crippen molar-refractivity contribution in [1.29, 1.82) is 0 Å². The van der Waals surface area contributed by atoms with Gasteiger partial charge in [0.05, 0.1) is 5.41 Å². The summed E-state index contributed by atoms with van der Waals surface area (Å²) in [5.41, 5.74) is 8.88. The van der Waals surface area contributed by atoms with E-state index in [9.17, 15) is 4.79 Å². The highest BCUT2D eigenvalue weighted by Gasteiger charge is 2.39. The van der Waals surface area contributed by atoms with Gasteiger partial charge >= 0.3 is 0 Å². The lowest BCUT2D eigenvalue weighted by atomic mass is 9.70. The molecule has 20 heavy (non-hydrogen) atoms. The fraction of sp³-hybridized carbons (Fsp3) is 0.588. The number of carbonyl (C=O) groups excluding carboxylic acids is 1. The molecule has 110 valence electrons. The molecule has 3 N–H and O–H groups in total. The van der Waals surface area contributed by atoms with Gasteiger partial charge in [-0.25, -0.2) is 0 Å². The molecule has 1 aromatic rings. The van der Waals surface area contributed by atoms with Gasteiger partial charge in [-0.3, -0.25) is 4.79 Å². The molecule has 1 amide bonds. The molecule has 1 aliphatic carbocycles. The first kappa shape index (κ1) is 15.0. The van der Waals surface area contributed by atoms with Crippen molar-refractivity contribution in [3.63, 3.8) is 0 Å². The Kier molecular flexibility index (Phi) is 4.48. The van der Waals surface area contributed by atoms with Crippen LogP contribution in [0.15, 0.2) is 18.2 Å². The van der Waals surface area contributed by atoms with Crippen molar-refractivity contribution in [1.82, 2.24) is 0 Å². The van der Waals surface area contributed by atoms with Crippen LogP contribution in [0.5, 0.6) is 0 Å². The highest BCUT2D eigenvalue weighted by Crippen LogP contribution is 2.39. The monoisotopic (exact) mass is 274 g/mol. The van der Waals surface area contributed by atoms with Gasteiger partial charge in [-0.1, -0.05) is 13.0 Å². The first-order valence-corrected chi connectivity index (χ1v) is 7.55. The Labute approximate surface area is 121 Å². The normalized spacial score (nSPS) is 26.3.